The lowest BCUT2D eigenvalue weighted by Gasteiger charge is -2.27. The zero-order valence-electron chi connectivity index (χ0n) is 65.3. The number of nitrogens with one attached hydrogen (secondary N) is 5. The van der Waals surface area contributed by atoms with Crippen LogP contribution in [0.5, 0.6) is 0 Å². The number of aromatic nitrogens is 13. The van der Waals surface area contributed by atoms with Gasteiger partial charge in [-0.25, -0.2) is 54.3 Å². The molecule has 0 amide bonds. The molecule has 3 aliphatic rings. The van der Waals surface area contributed by atoms with Gasteiger partial charge in [0.1, 0.15) is 34.4 Å². The van der Waals surface area contributed by atoms with Crippen molar-refractivity contribution < 1.29 is 66.1 Å². The molecular formula is C80H84BCl2N19O16. The number of fused-ring (bicyclic) bond motifs is 12. The van der Waals surface area contributed by atoms with Gasteiger partial charge in [-0.3, -0.25) is 9.78 Å². The van der Waals surface area contributed by atoms with Gasteiger partial charge in [-0.2, -0.15) is 10.2 Å². The first-order chi connectivity index (χ1) is 56.6. The number of carbonyl (C=O) groups excluding carboxylic acids is 2. The molecule has 0 bridgehead atoms. The molecule has 17 heterocycles. The molecule has 0 aliphatic carbocycles. The van der Waals surface area contributed by atoms with Crippen molar-refractivity contribution in [2.24, 2.45) is 0 Å². The van der Waals surface area contributed by atoms with Crippen LogP contribution in [0.3, 0.4) is 0 Å². The highest BCUT2D eigenvalue weighted by atomic mass is 35.5. The van der Waals surface area contributed by atoms with Crippen LogP contribution in [0.25, 0.3) is 111 Å². The van der Waals surface area contributed by atoms with E-state index in [0.717, 1.165) is 130 Å². The lowest BCUT2D eigenvalue weighted by atomic mass is 9.78. The van der Waals surface area contributed by atoms with E-state index in [2.05, 4.69) is 92.9 Å². The number of benzene rings is 2. The number of nitrogens with zero attached hydrogens (tertiary/aromatic N) is 12. The molecule has 16 aromatic rings. The maximum absolute atomic E-state index is 11.5. The summed E-state index contributed by atoms with van der Waals surface area (Å²) in [6.45, 7) is 22.4. The Labute approximate surface area is 681 Å². The van der Waals surface area contributed by atoms with Crippen molar-refractivity contribution in [3.05, 3.63) is 193 Å². The molecule has 118 heavy (non-hydrogen) atoms. The molecule has 0 radical (unpaired) electrons. The smallest absolute Gasteiger partial charge is 0.464 e. The van der Waals surface area contributed by atoms with Gasteiger partial charge in [-0.1, -0.05) is 35.9 Å². The van der Waals surface area contributed by atoms with E-state index < -0.39 is 36.9 Å². The number of morpholine rings is 3. The standard InChI is InChI=1S/C22H19N5O2.C14H13ClN4O2.C11H12N2O3.C10H7N3O3.C8H8BNO2.C7H5ClN2.C4H9NO.C4H8O3.H3N/c1-13-5-6-16-18-19(29-22(16)24-13)21(27-9-11-28-12-10-27)26-20(25-18)15-3-2-4-17-14(15)7-8-23-17;1-8-2-3-9-10-11(21-13(9)16-8)12(18-14(15)17-10)19-4-6-20-7-5-19;1-3-15-11(14)9-8(12)7-5-4-6(2)13-10(7)16-9;1-4-2-3-5-6-7(16-9(5)11-4)8(14)13-10(15)12-6;11-9(12)7-2-1-3-8-6(7)4-5-10-8;1-5-2-3-6(4-9)7(8)10-5;1-3-6-4-2-5-1;1-2-7-4(6)3-5;/h2-8,23H,9-12H2,1H3;2-3H,4-7H2,1H3;4-5H,3,12H2,1-2H3;2-3H,1H3,(H2,12,13,14,15);1-5,10-12H;2-3H,1H3;5H,1-4H2;5H,2-3H2,1H3;1H3. The SMILES string of the molecule is C1COCCN1.CCOC(=O)CO.CCOC(=O)c1oc2nc(C)ccc2c1N.Cc1ccc(C#N)c(Cl)n1.Cc1ccc2c(n1)oc1c(=O)[nH]c(=O)[nH]c12.Cc1ccc2c(n1)oc1c(N3CCOCC3)nc(-c3cccc4[nH]ccc34)nc12.Cc1ccc2c(n1)oc1c(N3CCOCC3)nc(Cl)nc12.N.OB(O)c1cccc2[nH]ccc12. The third kappa shape index (κ3) is 20.7. The number of aryl methyl sites for hydroxylation is 5. The van der Waals surface area contributed by atoms with Crippen LogP contribution in [0.1, 0.15) is 58.4 Å². The molecule has 14 aromatic heterocycles. The number of pyridine rings is 5. The number of aliphatic hydroxyl groups excluding tert-OH is 1. The fraction of sp³-hybridized carbons (Fsp3) is 0.275. The Hall–Kier alpha value is -12.8. The summed E-state index contributed by atoms with van der Waals surface area (Å²) in [6, 6.07) is 35.8. The van der Waals surface area contributed by atoms with Gasteiger partial charge >= 0.3 is 24.7 Å². The molecule has 3 saturated heterocycles. The Morgan fingerprint density at radius 1 is 0.559 bits per heavy atom. The zero-order valence-corrected chi connectivity index (χ0v) is 66.8. The molecule has 35 nitrogen and oxygen atoms in total. The molecule has 612 valence electrons. The highest BCUT2D eigenvalue weighted by Gasteiger charge is 2.27. The summed E-state index contributed by atoms with van der Waals surface area (Å²) in [6.07, 6.45) is 3.71. The van der Waals surface area contributed by atoms with Crippen LogP contribution in [0.15, 0.2) is 149 Å². The van der Waals surface area contributed by atoms with Gasteiger partial charge in [0.05, 0.1) is 85.7 Å². The van der Waals surface area contributed by atoms with Crippen molar-refractivity contribution in [3.8, 4) is 17.5 Å². The van der Waals surface area contributed by atoms with E-state index in [1.54, 1.807) is 62.5 Å². The van der Waals surface area contributed by atoms with E-state index in [0.29, 0.717) is 112 Å². The monoisotopic (exact) mass is 1650 g/mol. The predicted octanol–water partition coefficient (Wildman–Crippen LogP) is 10.3. The molecule has 3 fully saturated rings. The van der Waals surface area contributed by atoms with E-state index in [9.17, 15) is 19.2 Å². The van der Waals surface area contributed by atoms with Gasteiger partial charge < -0.3 is 98.5 Å². The van der Waals surface area contributed by atoms with Crippen LogP contribution >= 0.6 is 23.2 Å². The van der Waals surface area contributed by atoms with Crippen LogP contribution in [0.4, 0.5) is 17.3 Å². The lowest BCUT2D eigenvalue weighted by Crippen LogP contribution is -2.37. The molecule has 0 atom stereocenters. The van der Waals surface area contributed by atoms with Crippen LogP contribution in [0, 0.1) is 45.9 Å². The minimum absolute atomic E-state index is 0. The first-order valence-electron chi connectivity index (χ1n) is 37.0. The number of hydrogen-bond donors (Lipinski definition) is 10. The van der Waals surface area contributed by atoms with E-state index in [-0.39, 0.29) is 40.2 Å². The number of aromatic amines is 4. The number of halogens is 2. The first-order valence-corrected chi connectivity index (χ1v) is 37.8. The van der Waals surface area contributed by atoms with Crippen LogP contribution in [0.2, 0.25) is 10.4 Å². The predicted molar refractivity (Wildman–Crippen MR) is 448 cm³/mol. The van der Waals surface area contributed by atoms with Crippen molar-refractivity contribution in [1.29, 1.82) is 5.26 Å². The summed E-state index contributed by atoms with van der Waals surface area (Å²) < 4.78 is 47.7. The second-order valence-corrected chi connectivity index (χ2v) is 26.8. The Balaban J connectivity index is 0.000000138. The van der Waals surface area contributed by atoms with Crippen LogP contribution in [-0.2, 0) is 28.5 Å². The van der Waals surface area contributed by atoms with Gasteiger partial charge in [0.15, 0.2) is 28.6 Å². The van der Waals surface area contributed by atoms with Crippen LogP contribution < -0.4 is 43.7 Å². The first kappa shape index (κ1) is 86.1. The summed E-state index contributed by atoms with van der Waals surface area (Å²) in [5.41, 5.74) is 18.3. The lowest BCUT2D eigenvalue weighted by molar-refractivity contribution is -0.146. The van der Waals surface area contributed by atoms with Crippen LogP contribution in [-0.4, -0.2) is 198 Å². The summed E-state index contributed by atoms with van der Waals surface area (Å²) in [7, 11) is -1.40. The van der Waals surface area contributed by atoms with Crippen molar-refractivity contribution >= 4 is 165 Å². The largest absolute Gasteiger partial charge is 0.489 e. The van der Waals surface area contributed by atoms with E-state index in [4.69, 9.17) is 95.9 Å². The summed E-state index contributed by atoms with van der Waals surface area (Å²) >= 11 is 11.7. The third-order valence-corrected chi connectivity index (χ3v) is 18.3. The Morgan fingerprint density at radius 3 is 1.58 bits per heavy atom. The molecule has 2 aromatic carbocycles. The molecule has 0 saturated carbocycles. The molecule has 3 aliphatic heterocycles. The summed E-state index contributed by atoms with van der Waals surface area (Å²) in [5.74, 6) is 1.10. The molecule has 19 rings (SSSR count). The van der Waals surface area contributed by atoms with Gasteiger partial charge in [0.25, 0.3) is 5.56 Å². The zero-order chi connectivity index (χ0) is 82.8. The number of ether oxygens (including phenoxy) is 5. The number of anilines is 3. The maximum atomic E-state index is 11.5. The van der Waals surface area contributed by atoms with E-state index in [1.807, 2.05) is 95.4 Å². The Morgan fingerprint density at radius 2 is 1.05 bits per heavy atom. The fourth-order valence-electron chi connectivity index (χ4n) is 12.3. The number of nitrogens with two attached hydrogens (primary N) is 1. The number of esters is 2. The number of H-pyrrole nitrogens is 4. The van der Waals surface area contributed by atoms with Crippen molar-refractivity contribution in [3.63, 3.8) is 0 Å². The third-order valence-electron chi connectivity index (χ3n) is 17.9. The number of hydrogen-bond acceptors (Lipinski definition) is 31. The second kappa shape index (κ2) is 40.2. The van der Waals surface area contributed by atoms with Gasteiger partial charge in [0, 0.05) is 102 Å². The normalized spacial score (nSPS) is 13.0. The second-order valence-electron chi connectivity index (χ2n) is 26.1. The van der Waals surface area contributed by atoms with Gasteiger partial charge in [-0.05, 0) is 156 Å². The number of furan rings is 4. The number of nitriles is 1. The molecule has 38 heteroatoms. The Kier molecular flexibility index (Phi) is 29.3. The molecule has 13 N–H and O–H groups in total. The average Bonchev–Trinajstić information content (AvgIpc) is 1.60. The van der Waals surface area contributed by atoms with E-state index >= 15 is 0 Å². The topological polar surface area (TPSA) is 510 Å². The van der Waals surface area contributed by atoms with Gasteiger partial charge in [-0.15, -0.1) is 0 Å². The van der Waals surface area contributed by atoms with Gasteiger partial charge in [0.2, 0.25) is 39.5 Å². The average molecular weight is 1650 g/mol. The number of carbonyl (C=O) groups is 2. The highest BCUT2D eigenvalue weighted by Crippen LogP contribution is 2.38. The quantitative estimate of drug-likeness (QED) is 0.0292. The summed E-state index contributed by atoms with van der Waals surface area (Å²) in [4.78, 5) is 98.9. The van der Waals surface area contributed by atoms with Crippen molar-refractivity contribution in [2.75, 3.05) is 114 Å². The van der Waals surface area contributed by atoms with Crippen molar-refractivity contribution in [2.45, 2.75) is 48.5 Å². The number of nitrogen functional groups attached to an aromatic ring is 1. The Bertz CT molecular complexity index is 6350. The fourth-order valence-corrected chi connectivity index (χ4v) is 12.7. The van der Waals surface area contributed by atoms with E-state index in [1.165, 1.54) is 0 Å². The minimum Gasteiger partial charge on any atom is -0.464 e. The highest BCUT2D eigenvalue weighted by molar-refractivity contribution is 6.61. The maximum Gasteiger partial charge on any atom is 0.489 e. The molecule has 0 spiro atoms. The minimum atomic E-state index is -1.40. The molecular weight excluding hydrogens is 1560 g/mol. The molecule has 0 unspecified atom stereocenters. The van der Waals surface area contributed by atoms with Crippen molar-refractivity contribution in [1.82, 2.24) is 76.3 Å². The number of rotatable bonds is 8. The summed E-state index contributed by atoms with van der Waals surface area (Å²) in [5, 5.41) is 43.0. The number of aliphatic hydroxyl groups is 1.